The maximum atomic E-state index is 5.95. The maximum absolute atomic E-state index is 5.95. The van der Waals surface area contributed by atoms with E-state index < -0.39 is 0 Å². The zero-order chi connectivity index (χ0) is 11.4. The molecule has 0 bridgehead atoms. The molecule has 0 aromatic rings. The van der Waals surface area contributed by atoms with Gasteiger partial charge < -0.3 is 20.1 Å². The molecule has 1 aliphatic carbocycles. The summed E-state index contributed by atoms with van der Waals surface area (Å²) >= 11 is 0. The van der Waals surface area contributed by atoms with Gasteiger partial charge in [0, 0.05) is 31.4 Å². The predicted octanol–water partition coefficient (Wildman–Crippen LogP) is 0.979. The van der Waals surface area contributed by atoms with Gasteiger partial charge >= 0.3 is 0 Å². The number of allylic oxidation sites excluding steroid dienone is 4. The van der Waals surface area contributed by atoms with Gasteiger partial charge in [-0.2, -0.15) is 0 Å². The number of nitrogens with two attached hydrogens (primary N) is 1. The van der Waals surface area contributed by atoms with Crippen molar-refractivity contribution in [2.24, 2.45) is 5.73 Å². The predicted molar refractivity (Wildman–Crippen MR) is 62.5 cm³/mol. The minimum Gasteiger partial charge on any atom is -0.501 e. The van der Waals surface area contributed by atoms with Crippen LogP contribution in [0, 0.1) is 0 Å². The SMILES string of the molecule is COC1=CC=C(N)C(=CN2CCOCC2)C1. The quantitative estimate of drug-likeness (QED) is 0.756. The van der Waals surface area contributed by atoms with Gasteiger partial charge in [0.25, 0.3) is 0 Å². The summed E-state index contributed by atoms with van der Waals surface area (Å²) in [6.45, 7) is 3.45. The van der Waals surface area contributed by atoms with Crippen molar-refractivity contribution in [3.8, 4) is 0 Å². The maximum Gasteiger partial charge on any atom is 0.100 e. The normalized spacial score (nSPS) is 24.1. The molecule has 0 spiro atoms. The molecule has 2 N–H and O–H groups in total. The van der Waals surface area contributed by atoms with Gasteiger partial charge in [0.05, 0.1) is 20.3 Å². The summed E-state index contributed by atoms with van der Waals surface area (Å²) < 4.78 is 10.5. The molecule has 4 heteroatoms. The van der Waals surface area contributed by atoms with Crippen molar-refractivity contribution >= 4 is 0 Å². The summed E-state index contributed by atoms with van der Waals surface area (Å²) in [5, 5.41) is 0. The Morgan fingerprint density at radius 1 is 1.38 bits per heavy atom. The molecule has 0 radical (unpaired) electrons. The van der Waals surface area contributed by atoms with E-state index >= 15 is 0 Å². The zero-order valence-electron chi connectivity index (χ0n) is 9.61. The smallest absolute Gasteiger partial charge is 0.100 e. The van der Waals surface area contributed by atoms with Crippen LogP contribution in [0.25, 0.3) is 0 Å². The number of nitrogens with zero attached hydrogens (tertiary/aromatic N) is 1. The number of hydrogen-bond donors (Lipinski definition) is 1. The molecule has 1 heterocycles. The monoisotopic (exact) mass is 222 g/mol. The third-order valence-corrected chi connectivity index (χ3v) is 2.83. The molecule has 16 heavy (non-hydrogen) atoms. The highest BCUT2D eigenvalue weighted by molar-refractivity contribution is 5.38. The van der Waals surface area contributed by atoms with E-state index in [1.807, 2.05) is 12.2 Å². The number of morpholine rings is 1. The summed E-state index contributed by atoms with van der Waals surface area (Å²) in [6, 6.07) is 0. The lowest BCUT2D eigenvalue weighted by Crippen LogP contribution is -2.32. The van der Waals surface area contributed by atoms with Gasteiger partial charge in [0.2, 0.25) is 0 Å². The first-order valence-electron chi connectivity index (χ1n) is 5.53. The van der Waals surface area contributed by atoms with Crippen LogP contribution >= 0.6 is 0 Å². The van der Waals surface area contributed by atoms with E-state index in [-0.39, 0.29) is 0 Å². The highest BCUT2D eigenvalue weighted by Gasteiger charge is 2.13. The van der Waals surface area contributed by atoms with Crippen LogP contribution in [0.3, 0.4) is 0 Å². The molecule has 0 amide bonds. The fourth-order valence-corrected chi connectivity index (χ4v) is 1.83. The summed E-state index contributed by atoms with van der Waals surface area (Å²) in [7, 11) is 1.69. The van der Waals surface area contributed by atoms with Crippen molar-refractivity contribution < 1.29 is 9.47 Å². The minimum absolute atomic E-state index is 0.774. The Morgan fingerprint density at radius 3 is 2.81 bits per heavy atom. The molecule has 2 aliphatic rings. The van der Waals surface area contributed by atoms with Crippen LogP contribution in [0.15, 0.2) is 35.4 Å². The van der Waals surface area contributed by atoms with Crippen LogP contribution < -0.4 is 5.73 Å². The third kappa shape index (κ3) is 2.58. The van der Waals surface area contributed by atoms with E-state index in [1.165, 1.54) is 0 Å². The molecule has 2 rings (SSSR count). The summed E-state index contributed by atoms with van der Waals surface area (Å²) in [4.78, 5) is 2.25. The van der Waals surface area contributed by atoms with Crippen molar-refractivity contribution in [3.63, 3.8) is 0 Å². The molecular weight excluding hydrogens is 204 g/mol. The molecular formula is C12H18N2O2. The summed E-state index contributed by atoms with van der Waals surface area (Å²) in [5.74, 6) is 0.953. The van der Waals surface area contributed by atoms with Crippen LogP contribution in [0.4, 0.5) is 0 Å². The van der Waals surface area contributed by atoms with Crippen LogP contribution in [0.5, 0.6) is 0 Å². The second-order valence-corrected chi connectivity index (χ2v) is 3.94. The van der Waals surface area contributed by atoms with E-state index in [0.29, 0.717) is 0 Å². The van der Waals surface area contributed by atoms with Gasteiger partial charge in [-0.1, -0.05) is 0 Å². The first kappa shape index (κ1) is 11.1. The number of methoxy groups -OCH3 is 1. The van der Waals surface area contributed by atoms with Crippen molar-refractivity contribution in [1.29, 1.82) is 0 Å². The lowest BCUT2D eigenvalue weighted by Gasteiger charge is -2.27. The Balaban J connectivity index is 2.06. The first-order chi connectivity index (χ1) is 7.79. The Morgan fingerprint density at radius 2 is 2.12 bits per heavy atom. The Labute approximate surface area is 96.0 Å². The van der Waals surface area contributed by atoms with Crippen molar-refractivity contribution in [2.75, 3.05) is 33.4 Å². The van der Waals surface area contributed by atoms with Crippen molar-refractivity contribution in [3.05, 3.63) is 35.4 Å². The molecule has 1 fully saturated rings. The average Bonchev–Trinajstić information content (AvgIpc) is 2.33. The lowest BCUT2D eigenvalue weighted by molar-refractivity contribution is 0.0590. The largest absolute Gasteiger partial charge is 0.501 e. The first-order valence-corrected chi connectivity index (χ1v) is 5.53. The molecule has 0 aromatic heterocycles. The molecule has 88 valence electrons. The number of ether oxygens (including phenoxy) is 2. The molecule has 4 nitrogen and oxygen atoms in total. The summed E-state index contributed by atoms with van der Waals surface area (Å²) in [5.41, 5.74) is 7.90. The molecule has 0 unspecified atom stereocenters. The second kappa shape index (κ2) is 5.07. The Kier molecular flexibility index (Phi) is 3.51. The fraction of sp³-hybridized carbons (Fsp3) is 0.500. The van der Waals surface area contributed by atoms with E-state index in [2.05, 4.69) is 11.1 Å². The highest BCUT2D eigenvalue weighted by atomic mass is 16.5. The van der Waals surface area contributed by atoms with E-state index in [0.717, 1.165) is 49.8 Å². The highest BCUT2D eigenvalue weighted by Crippen LogP contribution is 2.22. The molecule has 0 saturated carbocycles. The van der Waals surface area contributed by atoms with Crippen molar-refractivity contribution in [2.45, 2.75) is 6.42 Å². The van der Waals surface area contributed by atoms with Crippen LogP contribution in [0.2, 0.25) is 0 Å². The molecule has 1 aliphatic heterocycles. The molecule has 0 aromatic carbocycles. The summed E-state index contributed by atoms with van der Waals surface area (Å²) in [6.07, 6.45) is 6.72. The number of rotatable bonds is 2. The van der Waals surface area contributed by atoms with Gasteiger partial charge in [-0.3, -0.25) is 0 Å². The number of hydrogen-bond acceptors (Lipinski definition) is 4. The van der Waals surface area contributed by atoms with Gasteiger partial charge in [-0.25, -0.2) is 0 Å². The average molecular weight is 222 g/mol. The van der Waals surface area contributed by atoms with Crippen LogP contribution in [-0.4, -0.2) is 38.3 Å². The van der Waals surface area contributed by atoms with Crippen LogP contribution in [-0.2, 0) is 9.47 Å². The lowest BCUT2D eigenvalue weighted by atomic mass is 10.0. The Bertz CT molecular complexity index is 339. The molecule has 0 atom stereocenters. The van der Waals surface area contributed by atoms with Gasteiger partial charge in [0.1, 0.15) is 5.76 Å². The van der Waals surface area contributed by atoms with Gasteiger partial charge in [-0.05, 0) is 17.7 Å². The van der Waals surface area contributed by atoms with Gasteiger partial charge in [0.15, 0.2) is 0 Å². The Hall–Kier alpha value is -1.42. The minimum atomic E-state index is 0.774. The fourth-order valence-electron chi connectivity index (χ4n) is 1.83. The van der Waals surface area contributed by atoms with Gasteiger partial charge in [-0.15, -0.1) is 0 Å². The third-order valence-electron chi connectivity index (χ3n) is 2.83. The van der Waals surface area contributed by atoms with E-state index in [9.17, 15) is 0 Å². The van der Waals surface area contributed by atoms with E-state index in [4.69, 9.17) is 15.2 Å². The standard InChI is InChI=1S/C12H18N2O2/c1-15-11-2-3-12(13)10(8-11)9-14-4-6-16-7-5-14/h2-3,9H,4-8,13H2,1H3. The topological polar surface area (TPSA) is 47.7 Å². The van der Waals surface area contributed by atoms with E-state index in [1.54, 1.807) is 7.11 Å². The van der Waals surface area contributed by atoms with Crippen molar-refractivity contribution in [1.82, 2.24) is 4.90 Å². The zero-order valence-corrected chi connectivity index (χ0v) is 9.61. The van der Waals surface area contributed by atoms with Crippen LogP contribution in [0.1, 0.15) is 6.42 Å². The molecule has 1 saturated heterocycles. The second-order valence-electron chi connectivity index (χ2n) is 3.94.